The van der Waals surface area contributed by atoms with Gasteiger partial charge in [0.25, 0.3) is 0 Å². The van der Waals surface area contributed by atoms with Crippen molar-refractivity contribution in [1.82, 2.24) is 15.1 Å². The summed E-state index contributed by atoms with van der Waals surface area (Å²) in [7, 11) is 1.75. The zero-order valence-electron chi connectivity index (χ0n) is 23.2. The first-order valence-electron chi connectivity index (χ1n) is 13.0. The predicted octanol–water partition coefficient (Wildman–Crippen LogP) is 4.02. The first-order chi connectivity index (χ1) is 15.8. The van der Waals surface area contributed by atoms with Crippen LogP contribution in [0.2, 0.25) is 0 Å². The summed E-state index contributed by atoms with van der Waals surface area (Å²) in [6.45, 7) is 19.2. The third kappa shape index (κ3) is 8.10. The summed E-state index contributed by atoms with van der Waals surface area (Å²) in [4.78, 5) is 43.1. The molecule has 0 saturated carbocycles. The van der Waals surface area contributed by atoms with E-state index >= 15 is 0 Å². The molecule has 2 amide bonds. The second-order valence-electron chi connectivity index (χ2n) is 10.7. The van der Waals surface area contributed by atoms with Gasteiger partial charge in [0.1, 0.15) is 6.04 Å². The van der Waals surface area contributed by atoms with Crippen LogP contribution in [0.25, 0.3) is 0 Å². The number of esters is 1. The Labute approximate surface area is 207 Å². The summed E-state index contributed by atoms with van der Waals surface area (Å²) in [5.41, 5.74) is 0.478. The van der Waals surface area contributed by atoms with Gasteiger partial charge >= 0.3 is 5.97 Å². The van der Waals surface area contributed by atoms with Crippen LogP contribution in [0.15, 0.2) is 11.6 Å². The normalized spacial score (nSPS) is 20.3. The lowest BCUT2D eigenvalue weighted by Gasteiger charge is -2.41. The number of carbonyl (C=O) groups is 3. The van der Waals surface area contributed by atoms with Gasteiger partial charge in [0.05, 0.1) is 18.7 Å². The highest BCUT2D eigenvalue weighted by molar-refractivity contribution is 5.91. The Morgan fingerprint density at radius 3 is 2.15 bits per heavy atom. The lowest BCUT2D eigenvalue weighted by Crippen LogP contribution is -2.59. The van der Waals surface area contributed by atoms with Gasteiger partial charge < -0.3 is 15.0 Å². The summed E-state index contributed by atoms with van der Waals surface area (Å²) in [6.07, 6.45) is 4.73. The van der Waals surface area contributed by atoms with E-state index in [1.165, 1.54) is 0 Å². The number of ether oxygens (including phenoxy) is 1. The molecule has 1 aliphatic heterocycles. The van der Waals surface area contributed by atoms with Crippen LogP contribution >= 0.6 is 0 Å². The average Bonchev–Trinajstić information content (AvgIpc) is 2.78. The molecule has 0 spiro atoms. The predicted molar refractivity (Wildman–Crippen MR) is 137 cm³/mol. The topological polar surface area (TPSA) is 79.0 Å². The SMILES string of the molecule is CCOC(=O)C(C)=C[C@H](C(C)C)N(C)C(=O)[C@@H](NC(=O)C1CCCCN1C(C)C(C)C)C(C)C. The number of nitrogens with one attached hydrogen (secondary N) is 1. The number of hydrogen-bond acceptors (Lipinski definition) is 5. The summed E-state index contributed by atoms with van der Waals surface area (Å²) in [5.74, 6) is -0.118. The molecule has 1 aliphatic rings. The maximum Gasteiger partial charge on any atom is 0.333 e. The number of amides is 2. The van der Waals surface area contributed by atoms with E-state index < -0.39 is 6.04 Å². The summed E-state index contributed by atoms with van der Waals surface area (Å²) >= 11 is 0. The molecular formula is C27H49N3O4. The fourth-order valence-electron chi connectivity index (χ4n) is 4.56. The van der Waals surface area contributed by atoms with Gasteiger partial charge in [0, 0.05) is 18.7 Å². The fourth-order valence-corrected chi connectivity index (χ4v) is 4.56. The van der Waals surface area contributed by atoms with Gasteiger partial charge in [-0.1, -0.05) is 54.0 Å². The lowest BCUT2D eigenvalue weighted by molar-refractivity contribution is -0.140. The maximum absolute atomic E-state index is 13.6. The number of hydrogen-bond donors (Lipinski definition) is 1. The van der Waals surface area contributed by atoms with E-state index in [0.29, 0.717) is 24.1 Å². The van der Waals surface area contributed by atoms with Gasteiger partial charge in [-0.15, -0.1) is 0 Å². The van der Waals surface area contributed by atoms with Gasteiger partial charge in [0.2, 0.25) is 11.8 Å². The Morgan fingerprint density at radius 2 is 1.65 bits per heavy atom. The second kappa shape index (κ2) is 13.9. The summed E-state index contributed by atoms with van der Waals surface area (Å²) in [5, 5.41) is 3.10. The molecule has 1 N–H and O–H groups in total. The van der Waals surface area contributed by atoms with Crippen LogP contribution in [0.4, 0.5) is 0 Å². The van der Waals surface area contributed by atoms with Crippen LogP contribution < -0.4 is 5.32 Å². The summed E-state index contributed by atoms with van der Waals surface area (Å²) in [6, 6.07) is -0.832. The van der Waals surface area contributed by atoms with E-state index in [4.69, 9.17) is 4.74 Å². The van der Waals surface area contributed by atoms with Crippen LogP contribution in [0, 0.1) is 17.8 Å². The van der Waals surface area contributed by atoms with Gasteiger partial charge in [-0.05, 0) is 57.9 Å². The fraction of sp³-hybridized carbons (Fsp3) is 0.815. The minimum Gasteiger partial charge on any atom is -0.463 e. The Hall–Kier alpha value is -1.89. The van der Waals surface area contributed by atoms with Crippen LogP contribution in [-0.4, -0.2) is 72.0 Å². The number of carbonyl (C=O) groups excluding carboxylic acids is 3. The van der Waals surface area contributed by atoms with Gasteiger partial charge in [-0.25, -0.2) is 4.79 Å². The van der Waals surface area contributed by atoms with Crippen molar-refractivity contribution >= 4 is 17.8 Å². The Bertz CT molecular complexity index is 717. The standard InChI is InChI=1S/C27H49N3O4/c1-11-34-27(33)20(8)16-23(18(4)5)29(10)26(32)24(19(6)7)28-25(31)22-14-12-13-15-30(22)21(9)17(2)3/h16-19,21-24H,11-15H2,1-10H3,(H,28,31)/t21?,22?,23-,24+/m1/s1. The molecule has 7 nitrogen and oxygen atoms in total. The van der Waals surface area contributed by atoms with Crippen molar-refractivity contribution in [3.63, 3.8) is 0 Å². The number of likely N-dealkylation sites (tertiary alicyclic amines) is 1. The smallest absolute Gasteiger partial charge is 0.333 e. The van der Waals surface area contributed by atoms with Crippen molar-refractivity contribution in [1.29, 1.82) is 0 Å². The molecule has 4 atom stereocenters. The number of nitrogens with zero attached hydrogens (tertiary/aromatic N) is 2. The molecule has 2 unspecified atom stereocenters. The molecule has 7 heteroatoms. The van der Waals surface area contributed by atoms with E-state index in [0.717, 1.165) is 25.8 Å². The van der Waals surface area contributed by atoms with Crippen LogP contribution in [0.1, 0.15) is 81.6 Å². The molecule has 1 heterocycles. The molecule has 1 rings (SSSR count). The number of piperidine rings is 1. The minimum absolute atomic E-state index is 0.0630. The van der Waals surface area contributed by atoms with Gasteiger partial charge in [-0.3, -0.25) is 14.5 Å². The first kappa shape index (κ1) is 30.1. The Morgan fingerprint density at radius 1 is 1.03 bits per heavy atom. The summed E-state index contributed by atoms with van der Waals surface area (Å²) < 4.78 is 5.10. The molecule has 1 saturated heterocycles. The lowest BCUT2D eigenvalue weighted by atomic mass is 9.93. The molecule has 0 aliphatic carbocycles. The van der Waals surface area contributed by atoms with Gasteiger partial charge in [0.15, 0.2) is 0 Å². The van der Waals surface area contributed by atoms with E-state index in [1.807, 2.05) is 27.7 Å². The molecule has 0 aromatic heterocycles. The van der Waals surface area contributed by atoms with Crippen LogP contribution in [0.3, 0.4) is 0 Å². The van der Waals surface area contributed by atoms with Crippen molar-refractivity contribution in [2.24, 2.45) is 17.8 Å². The molecule has 34 heavy (non-hydrogen) atoms. The van der Waals surface area contributed by atoms with Crippen molar-refractivity contribution in [2.75, 3.05) is 20.2 Å². The molecule has 0 aromatic rings. The van der Waals surface area contributed by atoms with E-state index in [-0.39, 0.29) is 41.7 Å². The van der Waals surface area contributed by atoms with Crippen molar-refractivity contribution in [3.8, 4) is 0 Å². The first-order valence-corrected chi connectivity index (χ1v) is 13.0. The highest BCUT2D eigenvalue weighted by Crippen LogP contribution is 2.24. The second-order valence-corrected chi connectivity index (χ2v) is 10.7. The highest BCUT2D eigenvalue weighted by Gasteiger charge is 2.37. The van der Waals surface area contributed by atoms with Crippen LogP contribution in [0.5, 0.6) is 0 Å². The monoisotopic (exact) mass is 479 g/mol. The zero-order valence-corrected chi connectivity index (χ0v) is 23.2. The Kier molecular flexibility index (Phi) is 12.3. The minimum atomic E-state index is -0.631. The molecular weight excluding hydrogens is 430 g/mol. The Balaban J connectivity index is 3.09. The molecule has 0 aromatic carbocycles. The maximum atomic E-state index is 13.6. The third-order valence-corrected chi connectivity index (χ3v) is 7.06. The number of likely N-dealkylation sites (N-methyl/N-ethyl adjacent to an activating group) is 1. The number of rotatable bonds is 11. The van der Waals surface area contributed by atoms with Crippen LogP contribution in [-0.2, 0) is 19.1 Å². The van der Waals surface area contributed by atoms with Crippen molar-refractivity contribution < 1.29 is 19.1 Å². The van der Waals surface area contributed by atoms with Gasteiger partial charge in [-0.2, -0.15) is 0 Å². The molecule has 196 valence electrons. The largest absolute Gasteiger partial charge is 0.463 e. The molecule has 0 radical (unpaired) electrons. The van der Waals surface area contributed by atoms with E-state index in [2.05, 4.69) is 31.0 Å². The average molecular weight is 480 g/mol. The van der Waals surface area contributed by atoms with E-state index in [9.17, 15) is 14.4 Å². The quantitative estimate of drug-likeness (QED) is 0.358. The van der Waals surface area contributed by atoms with E-state index in [1.54, 1.807) is 31.9 Å². The third-order valence-electron chi connectivity index (χ3n) is 7.06. The van der Waals surface area contributed by atoms with Crippen molar-refractivity contribution in [2.45, 2.75) is 106 Å². The van der Waals surface area contributed by atoms with Crippen molar-refractivity contribution in [3.05, 3.63) is 11.6 Å². The highest BCUT2D eigenvalue weighted by atomic mass is 16.5. The molecule has 1 fully saturated rings. The zero-order chi connectivity index (χ0) is 26.2. The molecule has 0 bridgehead atoms.